The summed E-state index contributed by atoms with van der Waals surface area (Å²) in [6.07, 6.45) is 1.36. The number of benzene rings is 1. The average Bonchev–Trinajstić information content (AvgIpc) is 2.57. The monoisotopic (exact) mass is 304 g/mol. The normalized spacial score (nSPS) is 20.3. The zero-order valence-corrected chi connectivity index (χ0v) is 12.2. The van der Waals surface area contributed by atoms with Crippen molar-refractivity contribution in [2.45, 2.75) is 11.0 Å². The SMILES string of the molecule is O=S(=O)(c1ccccc1)N1CCO[C@H](c2ccccn2)C1. The first-order chi connectivity index (χ1) is 10.2. The number of hydrogen-bond donors (Lipinski definition) is 0. The highest BCUT2D eigenvalue weighted by molar-refractivity contribution is 7.89. The van der Waals surface area contributed by atoms with Crippen molar-refractivity contribution >= 4 is 10.0 Å². The minimum atomic E-state index is -3.48. The molecular weight excluding hydrogens is 288 g/mol. The molecule has 0 N–H and O–H groups in total. The predicted molar refractivity (Wildman–Crippen MR) is 78.1 cm³/mol. The third-order valence-electron chi connectivity index (χ3n) is 3.43. The first kappa shape index (κ1) is 14.2. The number of nitrogens with zero attached hydrogens (tertiary/aromatic N) is 2. The molecule has 21 heavy (non-hydrogen) atoms. The first-order valence-corrected chi connectivity index (χ1v) is 8.20. The molecule has 0 aliphatic carbocycles. The number of sulfonamides is 1. The van der Waals surface area contributed by atoms with Gasteiger partial charge in [0, 0.05) is 19.3 Å². The molecule has 0 amide bonds. The number of hydrogen-bond acceptors (Lipinski definition) is 4. The van der Waals surface area contributed by atoms with Crippen LogP contribution in [0.5, 0.6) is 0 Å². The Morgan fingerprint density at radius 3 is 2.57 bits per heavy atom. The molecular formula is C15H16N2O3S. The van der Waals surface area contributed by atoms with Crippen LogP contribution in [0.4, 0.5) is 0 Å². The Balaban J connectivity index is 1.84. The minimum Gasteiger partial charge on any atom is -0.369 e. The summed E-state index contributed by atoms with van der Waals surface area (Å²) in [4.78, 5) is 4.56. The van der Waals surface area contributed by atoms with E-state index in [1.165, 1.54) is 4.31 Å². The van der Waals surface area contributed by atoms with Crippen LogP contribution in [0.15, 0.2) is 59.6 Å². The Morgan fingerprint density at radius 2 is 1.86 bits per heavy atom. The van der Waals surface area contributed by atoms with Crippen LogP contribution in [0.1, 0.15) is 11.8 Å². The van der Waals surface area contributed by atoms with Crippen LogP contribution in [0.25, 0.3) is 0 Å². The first-order valence-electron chi connectivity index (χ1n) is 6.75. The largest absolute Gasteiger partial charge is 0.369 e. The number of aromatic nitrogens is 1. The van der Waals surface area contributed by atoms with Gasteiger partial charge in [-0.1, -0.05) is 24.3 Å². The second kappa shape index (κ2) is 5.93. The molecule has 2 aromatic rings. The minimum absolute atomic E-state index is 0.286. The van der Waals surface area contributed by atoms with Gasteiger partial charge in [0.1, 0.15) is 6.10 Å². The molecule has 6 heteroatoms. The highest BCUT2D eigenvalue weighted by Crippen LogP contribution is 2.25. The number of ether oxygens (including phenoxy) is 1. The fraction of sp³-hybridized carbons (Fsp3) is 0.267. The van der Waals surface area contributed by atoms with Crippen LogP contribution in [-0.2, 0) is 14.8 Å². The van der Waals surface area contributed by atoms with E-state index in [0.29, 0.717) is 18.0 Å². The Bertz CT molecular complexity index is 689. The summed E-state index contributed by atoms with van der Waals surface area (Å²) in [5.41, 5.74) is 0.755. The van der Waals surface area contributed by atoms with Crippen LogP contribution in [-0.4, -0.2) is 37.4 Å². The smallest absolute Gasteiger partial charge is 0.243 e. The van der Waals surface area contributed by atoms with E-state index in [9.17, 15) is 8.42 Å². The van der Waals surface area contributed by atoms with Gasteiger partial charge in [0.2, 0.25) is 10.0 Å². The molecule has 0 bridgehead atoms. The Labute approximate surface area is 124 Å². The summed E-state index contributed by atoms with van der Waals surface area (Å²) < 4.78 is 32.3. The van der Waals surface area contributed by atoms with E-state index in [1.807, 2.05) is 18.2 Å². The van der Waals surface area contributed by atoms with Crippen molar-refractivity contribution < 1.29 is 13.2 Å². The molecule has 0 radical (unpaired) electrons. The molecule has 1 aromatic heterocycles. The lowest BCUT2D eigenvalue weighted by atomic mass is 10.2. The Morgan fingerprint density at radius 1 is 1.10 bits per heavy atom. The van der Waals surface area contributed by atoms with Crippen molar-refractivity contribution in [3.63, 3.8) is 0 Å². The summed E-state index contributed by atoms with van der Waals surface area (Å²) in [7, 11) is -3.48. The number of morpholine rings is 1. The van der Waals surface area contributed by atoms with Crippen molar-refractivity contribution in [3.05, 3.63) is 60.4 Å². The molecule has 110 valence electrons. The van der Waals surface area contributed by atoms with Gasteiger partial charge in [-0.15, -0.1) is 0 Å². The molecule has 5 nitrogen and oxygen atoms in total. The number of rotatable bonds is 3. The van der Waals surface area contributed by atoms with Crippen molar-refractivity contribution in [1.82, 2.24) is 9.29 Å². The maximum atomic E-state index is 12.6. The quantitative estimate of drug-likeness (QED) is 0.868. The van der Waals surface area contributed by atoms with E-state index < -0.39 is 10.0 Å². The lowest BCUT2D eigenvalue weighted by molar-refractivity contribution is -0.00493. The molecule has 1 fully saturated rings. The van der Waals surface area contributed by atoms with E-state index in [-0.39, 0.29) is 12.6 Å². The molecule has 1 aliphatic rings. The Kier molecular flexibility index (Phi) is 4.01. The summed E-state index contributed by atoms with van der Waals surface area (Å²) in [6, 6.07) is 14.0. The maximum absolute atomic E-state index is 12.6. The molecule has 3 rings (SSSR count). The fourth-order valence-electron chi connectivity index (χ4n) is 2.33. The molecule has 0 saturated carbocycles. The molecule has 1 saturated heterocycles. The van der Waals surface area contributed by atoms with Gasteiger partial charge in [-0.05, 0) is 24.3 Å². The van der Waals surface area contributed by atoms with Crippen LogP contribution in [0.3, 0.4) is 0 Å². The summed E-state index contributed by atoms with van der Waals surface area (Å²) in [5, 5.41) is 0. The molecule has 1 atom stereocenters. The maximum Gasteiger partial charge on any atom is 0.243 e. The summed E-state index contributed by atoms with van der Waals surface area (Å²) in [5.74, 6) is 0. The van der Waals surface area contributed by atoms with Gasteiger partial charge in [-0.25, -0.2) is 8.42 Å². The topological polar surface area (TPSA) is 59.5 Å². The third kappa shape index (κ3) is 2.97. The van der Waals surface area contributed by atoms with Gasteiger partial charge in [0.15, 0.2) is 0 Å². The van der Waals surface area contributed by atoms with E-state index >= 15 is 0 Å². The predicted octanol–water partition coefficient (Wildman–Crippen LogP) is 1.84. The number of pyridine rings is 1. The van der Waals surface area contributed by atoms with Gasteiger partial charge in [-0.3, -0.25) is 4.98 Å². The molecule has 2 heterocycles. The highest BCUT2D eigenvalue weighted by atomic mass is 32.2. The van der Waals surface area contributed by atoms with E-state index in [0.717, 1.165) is 5.69 Å². The lowest BCUT2D eigenvalue weighted by Crippen LogP contribution is -2.42. The molecule has 1 aromatic carbocycles. The zero-order chi connectivity index (χ0) is 14.7. The highest BCUT2D eigenvalue weighted by Gasteiger charge is 2.31. The zero-order valence-electron chi connectivity index (χ0n) is 11.4. The van der Waals surface area contributed by atoms with Gasteiger partial charge in [0.05, 0.1) is 17.2 Å². The average molecular weight is 304 g/mol. The molecule has 1 aliphatic heterocycles. The third-order valence-corrected chi connectivity index (χ3v) is 5.31. The van der Waals surface area contributed by atoms with Gasteiger partial charge >= 0.3 is 0 Å². The Hall–Kier alpha value is -1.76. The standard InChI is InChI=1S/C15H16N2O3S/c18-21(19,13-6-2-1-3-7-13)17-10-11-20-15(12-17)14-8-4-5-9-16-14/h1-9,15H,10-12H2/t15-/m0/s1. The van der Waals surface area contributed by atoms with Crippen LogP contribution in [0, 0.1) is 0 Å². The van der Waals surface area contributed by atoms with Crippen LogP contribution < -0.4 is 0 Å². The van der Waals surface area contributed by atoms with Crippen LogP contribution in [0.2, 0.25) is 0 Å². The van der Waals surface area contributed by atoms with Crippen molar-refractivity contribution in [1.29, 1.82) is 0 Å². The summed E-state index contributed by atoms with van der Waals surface area (Å²) >= 11 is 0. The molecule has 0 unspecified atom stereocenters. The van der Waals surface area contributed by atoms with Crippen molar-refractivity contribution in [2.24, 2.45) is 0 Å². The van der Waals surface area contributed by atoms with Crippen molar-refractivity contribution in [2.75, 3.05) is 19.7 Å². The second-order valence-electron chi connectivity index (χ2n) is 4.79. The second-order valence-corrected chi connectivity index (χ2v) is 6.73. The molecule has 0 spiro atoms. The van der Waals surface area contributed by atoms with E-state index in [1.54, 1.807) is 36.5 Å². The van der Waals surface area contributed by atoms with Crippen molar-refractivity contribution in [3.8, 4) is 0 Å². The lowest BCUT2D eigenvalue weighted by Gasteiger charge is -2.31. The van der Waals surface area contributed by atoms with Crippen LogP contribution >= 0.6 is 0 Å². The van der Waals surface area contributed by atoms with E-state index in [4.69, 9.17) is 4.74 Å². The summed E-state index contributed by atoms with van der Waals surface area (Å²) in [6.45, 7) is 1.02. The van der Waals surface area contributed by atoms with Gasteiger partial charge < -0.3 is 4.74 Å². The van der Waals surface area contributed by atoms with Gasteiger partial charge in [0.25, 0.3) is 0 Å². The fourth-order valence-corrected chi connectivity index (χ4v) is 3.78. The van der Waals surface area contributed by atoms with Gasteiger partial charge in [-0.2, -0.15) is 4.31 Å². The van der Waals surface area contributed by atoms with E-state index in [2.05, 4.69) is 4.98 Å².